The molecule has 0 heterocycles. The molecule has 4 nitrogen and oxygen atoms in total. The number of benzene rings is 1. The predicted octanol–water partition coefficient (Wildman–Crippen LogP) is 3.51. The number of anilines is 1. The topological polar surface area (TPSA) is 66.4 Å². The second kappa shape index (κ2) is 6.44. The molecule has 0 atom stereocenters. The van der Waals surface area contributed by atoms with Crippen molar-refractivity contribution in [3.63, 3.8) is 0 Å². The van der Waals surface area contributed by atoms with E-state index < -0.39 is 20.2 Å². The maximum atomic E-state index is 12.3. The van der Waals surface area contributed by atoms with Crippen molar-refractivity contribution in [3.05, 3.63) is 29.8 Å². The van der Waals surface area contributed by atoms with E-state index in [1.165, 1.54) is 0 Å². The van der Waals surface area contributed by atoms with Crippen LogP contribution in [0.4, 0.5) is 5.69 Å². The lowest BCUT2D eigenvalue weighted by molar-refractivity contribution is 0.0196. The summed E-state index contributed by atoms with van der Waals surface area (Å²) in [6.07, 6.45) is 3.44. The molecule has 23 heavy (non-hydrogen) atoms. The van der Waals surface area contributed by atoms with Gasteiger partial charge in [-0.3, -0.25) is 0 Å². The van der Waals surface area contributed by atoms with Crippen LogP contribution in [0.2, 0.25) is 0 Å². The van der Waals surface area contributed by atoms with E-state index in [2.05, 4.69) is 5.32 Å². The van der Waals surface area contributed by atoms with E-state index >= 15 is 0 Å². The lowest BCUT2D eigenvalue weighted by Crippen LogP contribution is -2.35. The molecule has 0 aromatic heterocycles. The molecule has 0 aliphatic heterocycles. The first-order chi connectivity index (χ1) is 10.5. The van der Waals surface area contributed by atoms with E-state index in [0.29, 0.717) is 6.04 Å². The second-order valence-corrected chi connectivity index (χ2v) is 10.7. The molecule has 2 N–H and O–H groups in total. The highest BCUT2D eigenvalue weighted by Crippen LogP contribution is 2.30. The van der Waals surface area contributed by atoms with Crippen LogP contribution >= 0.6 is 0 Å². The van der Waals surface area contributed by atoms with E-state index in [1.54, 1.807) is 20.8 Å². The monoisotopic (exact) mass is 339 g/mol. The SMILES string of the molecule is CC1(O)CCC(Nc2cccc(CS(=O)(=O)C(C)(C)C)c2)CC1. The van der Waals surface area contributed by atoms with Gasteiger partial charge in [0, 0.05) is 11.7 Å². The molecule has 1 saturated carbocycles. The molecule has 5 heteroatoms. The maximum absolute atomic E-state index is 12.3. The van der Waals surface area contributed by atoms with Crippen molar-refractivity contribution in [1.29, 1.82) is 0 Å². The van der Waals surface area contributed by atoms with Crippen LogP contribution in [0.25, 0.3) is 0 Å². The highest BCUT2D eigenvalue weighted by atomic mass is 32.2. The highest BCUT2D eigenvalue weighted by Gasteiger charge is 2.30. The zero-order chi connectivity index (χ0) is 17.3. The van der Waals surface area contributed by atoms with E-state index in [1.807, 2.05) is 31.2 Å². The van der Waals surface area contributed by atoms with Crippen LogP contribution in [0.5, 0.6) is 0 Å². The summed E-state index contributed by atoms with van der Waals surface area (Å²) in [4.78, 5) is 0. The van der Waals surface area contributed by atoms with Gasteiger partial charge in [0.25, 0.3) is 0 Å². The Labute approximate surface area is 140 Å². The van der Waals surface area contributed by atoms with E-state index in [9.17, 15) is 13.5 Å². The smallest absolute Gasteiger partial charge is 0.159 e. The summed E-state index contributed by atoms with van der Waals surface area (Å²) < 4.78 is 23.9. The summed E-state index contributed by atoms with van der Waals surface area (Å²) in [7, 11) is -3.18. The van der Waals surface area contributed by atoms with Gasteiger partial charge in [0.05, 0.1) is 16.1 Å². The average Bonchev–Trinajstić information content (AvgIpc) is 2.40. The largest absolute Gasteiger partial charge is 0.390 e. The minimum atomic E-state index is -3.18. The molecule has 0 saturated heterocycles. The Balaban J connectivity index is 2.04. The molecule has 0 spiro atoms. The Morgan fingerprint density at radius 2 is 1.87 bits per heavy atom. The molecule has 0 amide bonds. The quantitative estimate of drug-likeness (QED) is 0.881. The first-order valence-electron chi connectivity index (χ1n) is 8.29. The lowest BCUT2D eigenvalue weighted by Gasteiger charge is -2.34. The summed E-state index contributed by atoms with van der Waals surface area (Å²) in [6.45, 7) is 7.09. The molecule has 0 unspecified atom stereocenters. The normalized spacial score (nSPS) is 26.0. The molecule has 130 valence electrons. The fourth-order valence-corrected chi connectivity index (χ4v) is 3.86. The number of aliphatic hydroxyl groups is 1. The third-order valence-corrected chi connectivity index (χ3v) is 7.23. The Morgan fingerprint density at radius 1 is 1.26 bits per heavy atom. The predicted molar refractivity (Wildman–Crippen MR) is 95.3 cm³/mol. The van der Waals surface area contributed by atoms with Gasteiger partial charge >= 0.3 is 0 Å². The van der Waals surface area contributed by atoms with Crippen LogP contribution in [0.15, 0.2) is 24.3 Å². The molecule has 1 fully saturated rings. The number of hydrogen-bond donors (Lipinski definition) is 2. The van der Waals surface area contributed by atoms with E-state index in [0.717, 1.165) is 36.9 Å². The Kier molecular flexibility index (Phi) is 5.12. The summed E-state index contributed by atoms with van der Waals surface area (Å²) in [5.41, 5.74) is 1.23. The van der Waals surface area contributed by atoms with Gasteiger partial charge in [-0.15, -0.1) is 0 Å². The third-order valence-electron chi connectivity index (χ3n) is 4.65. The molecule has 0 radical (unpaired) electrons. The van der Waals surface area contributed by atoms with Gasteiger partial charge in [-0.1, -0.05) is 12.1 Å². The van der Waals surface area contributed by atoms with Crippen molar-refractivity contribution in [1.82, 2.24) is 0 Å². The van der Waals surface area contributed by atoms with Crippen molar-refractivity contribution >= 4 is 15.5 Å². The first-order valence-corrected chi connectivity index (χ1v) is 9.94. The minimum Gasteiger partial charge on any atom is -0.390 e. The fraction of sp³-hybridized carbons (Fsp3) is 0.667. The summed E-state index contributed by atoms with van der Waals surface area (Å²) in [6, 6.07) is 8.00. The molecular weight excluding hydrogens is 310 g/mol. The van der Waals surface area contributed by atoms with Gasteiger partial charge in [-0.05, 0) is 71.1 Å². The zero-order valence-corrected chi connectivity index (χ0v) is 15.4. The Hall–Kier alpha value is -1.07. The number of sulfone groups is 1. The van der Waals surface area contributed by atoms with Crippen LogP contribution in [0.3, 0.4) is 0 Å². The molecule has 1 aliphatic rings. The second-order valence-electron chi connectivity index (χ2n) is 7.99. The van der Waals surface area contributed by atoms with Gasteiger partial charge in [-0.25, -0.2) is 8.42 Å². The summed E-state index contributed by atoms with van der Waals surface area (Å²) in [5, 5.41) is 13.5. The molecule has 1 aliphatic carbocycles. The van der Waals surface area contributed by atoms with E-state index in [4.69, 9.17) is 0 Å². The van der Waals surface area contributed by atoms with Gasteiger partial charge in [0.2, 0.25) is 0 Å². The third kappa shape index (κ3) is 4.95. The van der Waals surface area contributed by atoms with Gasteiger partial charge in [0.1, 0.15) is 0 Å². The number of nitrogens with one attached hydrogen (secondary N) is 1. The van der Waals surface area contributed by atoms with Gasteiger partial charge in [-0.2, -0.15) is 0 Å². The van der Waals surface area contributed by atoms with Gasteiger partial charge in [0.15, 0.2) is 9.84 Å². The van der Waals surface area contributed by atoms with Crippen LogP contribution in [-0.2, 0) is 15.6 Å². The minimum absolute atomic E-state index is 0.0609. The van der Waals surface area contributed by atoms with Gasteiger partial charge < -0.3 is 10.4 Å². The fourth-order valence-electron chi connectivity index (χ4n) is 2.81. The molecule has 0 bridgehead atoms. The maximum Gasteiger partial charge on any atom is 0.159 e. The first kappa shape index (κ1) is 18.3. The zero-order valence-electron chi connectivity index (χ0n) is 14.6. The Bertz CT molecular complexity index is 634. The molecule has 1 aromatic rings. The van der Waals surface area contributed by atoms with Crippen molar-refractivity contribution < 1.29 is 13.5 Å². The molecule has 1 aromatic carbocycles. The number of rotatable bonds is 4. The molecule has 2 rings (SSSR count). The average molecular weight is 340 g/mol. The van der Waals surface area contributed by atoms with Crippen molar-refractivity contribution in [2.45, 2.75) is 75.5 Å². The number of hydrogen-bond acceptors (Lipinski definition) is 4. The molecular formula is C18H29NO3S. The van der Waals surface area contributed by atoms with Crippen LogP contribution < -0.4 is 5.32 Å². The van der Waals surface area contributed by atoms with Crippen molar-refractivity contribution in [2.75, 3.05) is 5.32 Å². The lowest BCUT2D eigenvalue weighted by atomic mass is 9.83. The van der Waals surface area contributed by atoms with Crippen LogP contribution in [0, 0.1) is 0 Å². The summed E-state index contributed by atoms with van der Waals surface area (Å²) >= 11 is 0. The van der Waals surface area contributed by atoms with Crippen molar-refractivity contribution in [2.24, 2.45) is 0 Å². The standard InChI is InChI=1S/C18H29NO3S/c1-17(2,3)23(21,22)13-14-6-5-7-16(12-14)19-15-8-10-18(4,20)11-9-15/h5-7,12,15,19-20H,8-11,13H2,1-4H3. The summed E-state index contributed by atoms with van der Waals surface area (Å²) in [5.74, 6) is 0.0609. The Morgan fingerprint density at radius 3 is 2.43 bits per heavy atom. The van der Waals surface area contributed by atoms with Crippen LogP contribution in [-0.4, -0.2) is 29.9 Å². The van der Waals surface area contributed by atoms with E-state index in [-0.39, 0.29) is 5.75 Å². The highest BCUT2D eigenvalue weighted by molar-refractivity contribution is 7.91. The van der Waals surface area contributed by atoms with Crippen molar-refractivity contribution in [3.8, 4) is 0 Å². The van der Waals surface area contributed by atoms with Crippen LogP contribution in [0.1, 0.15) is 58.9 Å².